The number of rotatable bonds is 11. The van der Waals surface area contributed by atoms with Crippen LogP contribution in [0.2, 0.25) is 0 Å². The van der Waals surface area contributed by atoms with Crippen molar-refractivity contribution in [3.05, 3.63) is 357 Å². The minimum absolute atomic E-state index is 0.154. The number of anilines is 6. The molecule has 0 saturated heterocycles. The van der Waals surface area contributed by atoms with E-state index < -0.39 is 0 Å². The van der Waals surface area contributed by atoms with Gasteiger partial charge in [-0.25, -0.2) is 14.8 Å². The highest BCUT2D eigenvalue weighted by atomic mass is 15.2. The lowest BCUT2D eigenvalue weighted by Gasteiger charge is -2.44. The fourth-order valence-corrected chi connectivity index (χ4v) is 14.7. The third-order valence-corrected chi connectivity index (χ3v) is 19.2. The molecular weight excluding hydrogens is 1160 g/mol. The van der Waals surface area contributed by atoms with Gasteiger partial charge in [-0.15, -0.1) is 0 Å². The first-order chi connectivity index (χ1) is 47.5. The summed E-state index contributed by atoms with van der Waals surface area (Å²) in [7, 11) is 0. The number of benzene rings is 14. The lowest BCUT2D eigenvalue weighted by atomic mass is 9.33. The highest BCUT2D eigenvalue weighted by molar-refractivity contribution is 7.00. The van der Waals surface area contributed by atoms with Crippen molar-refractivity contribution in [1.29, 1.82) is 0 Å². The molecule has 4 heterocycles. The zero-order valence-electron chi connectivity index (χ0n) is 52.2. The number of fused-ring (bicyclic) bond motifs is 7. The zero-order chi connectivity index (χ0) is 63.6. The van der Waals surface area contributed by atoms with E-state index in [9.17, 15) is 0 Å². The van der Waals surface area contributed by atoms with Crippen LogP contribution >= 0.6 is 0 Å². The summed E-state index contributed by atoms with van der Waals surface area (Å²) < 4.78 is 2.30. The summed E-state index contributed by atoms with van der Waals surface area (Å²) in [6.45, 7) is 8.56. The van der Waals surface area contributed by atoms with Crippen LogP contribution in [-0.2, 0) is 0 Å². The third-order valence-electron chi connectivity index (χ3n) is 19.2. The maximum atomic E-state index is 8.71. The molecule has 2 aromatic heterocycles. The first-order valence-corrected chi connectivity index (χ1v) is 32.6. The Bertz CT molecular complexity index is 5440. The smallest absolute Gasteiger partial charge is 0.252 e. The molecule has 96 heavy (non-hydrogen) atoms. The minimum atomic E-state index is -0.154. The van der Waals surface area contributed by atoms with Gasteiger partial charge in [-0.05, 0) is 157 Å². The molecule has 0 unspecified atom stereocenters. The second kappa shape index (κ2) is 23.3. The second-order valence-corrected chi connectivity index (χ2v) is 24.7. The maximum Gasteiger partial charge on any atom is 0.252 e. The molecule has 18 rings (SSSR count). The summed E-state index contributed by atoms with van der Waals surface area (Å²) in [5.74, 6) is 0.501. The normalized spacial score (nSPS) is 12.1. The van der Waals surface area contributed by atoms with Crippen molar-refractivity contribution in [1.82, 2.24) is 14.5 Å². The lowest BCUT2D eigenvalue weighted by molar-refractivity contribution is 1.17. The standard InChI is InChI=1S/C89H57BN6/c1-91-81-57-73(47-48-75(81)89-92-79(65-30-16-6-17-31-65)58-80(93-89)66-32-18-7-19-33-66)96-82-35-21-20-34-74(82)76-52-67(40-49-83(76)96)70-55-86-88-87(56-70)95(72-45-38-64(39-46-72)60-24-10-3-11-25-60)85-51-42-69(62-28-14-5-15-29-62)54-78(85)90(88)77-53-68(61-26-12-4-13-27-61)41-50-84(77)94(86)71-43-36-63(37-44-71)59-22-8-2-9-23-59/h2-58H. The van der Waals surface area contributed by atoms with E-state index in [2.05, 4.69) is 310 Å². The van der Waals surface area contributed by atoms with Crippen LogP contribution in [0.15, 0.2) is 346 Å². The van der Waals surface area contributed by atoms with Crippen LogP contribution in [0.3, 0.4) is 0 Å². The largest absolute Gasteiger partial charge is 0.311 e. The fourth-order valence-electron chi connectivity index (χ4n) is 14.7. The van der Waals surface area contributed by atoms with Gasteiger partial charge in [0.25, 0.3) is 6.71 Å². The quantitative estimate of drug-likeness (QED) is 0.0956. The van der Waals surface area contributed by atoms with Crippen LogP contribution in [0.5, 0.6) is 0 Å². The van der Waals surface area contributed by atoms with Gasteiger partial charge in [0.2, 0.25) is 0 Å². The number of hydrogen-bond donors (Lipinski definition) is 0. The van der Waals surface area contributed by atoms with E-state index >= 15 is 0 Å². The van der Waals surface area contributed by atoms with Gasteiger partial charge >= 0.3 is 0 Å². The molecular formula is C89H57BN6. The van der Waals surface area contributed by atoms with Crippen LogP contribution in [0.25, 0.3) is 122 Å². The Morgan fingerprint density at radius 1 is 0.281 bits per heavy atom. The van der Waals surface area contributed by atoms with Crippen molar-refractivity contribution >= 4 is 84.7 Å². The van der Waals surface area contributed by atoms with Crippen LogP contribution in [0.4, 0.5) is 39.8 Å². The van der Waals surface area contributed by atoms with Gasteiger partial charge in [0.15, 0.2) is 5.69 Å². The van der Waals surface area contributed by atoms with Crippen molar-refractivity contribution in [3.63, 3.8) is 0 Å². The van der Waals surface area contributed by atoms with Crippen molar-refractivity contribution in [2.75, 3.05) is 9.80 Å². The highest BCUT2D eigenvalue weighted by Gasteiger charge is 2.44. The minimum Gasteiger partial charge on any atom is -0.311 e. The van der Waals surface area contributed by atoms with Crippen LogP contribution < -0.4 is 26.2 Å². The molecule has 16 aromatic rings. The summed E-state index contributed by atoms with van der Waals surface area (Å²) in [4.78, 5) is 19.5. The summed E-state index contributed by atoms with van der Waals surface area (Å²) >= 11 is 0. The highest BCUT2D eigenvalue weighted by Crippen LogP contribution is 2.49. The molecule has 2 aliphatic rings. The first kappa shape index (κ1) is 55.9. The molecule has 0 N–H and O–H groups in total. The molecule has 0 atom stereocenters. The Morgan fingerprint density at radius 2 is 0.667 bits per heavy atom. The first-order valence-electron chi connectivity index (χ1n) is 32.6. The average molecular weight is 1220 g/mol. The summed E-state index contributed by atoms with van der Waals surface area (Å²) in [6, 6.07) is 124. The number of nitrogens with zero attached hydrogens (tertiary/aromatic N) is 6. The second-order valence-electron chi connectivity index (χ2n) is 24.7. The van der Waals surface area contributed by atoms with Gasteiger partial charge < -0.3 is 14.4 Å². The molecule has 0 fully saturated rings. The molecule has 0 amide bonds. The van der Waals surface area contributed by atoms with Crippen LogP contribution in [0.1, 0.15) is 0 Å². The molecule has 0 saturated carbocycles. The predicted molar refractivity (Wildman–Crippen MR) is 400 cm³/mol. The number of hydrogen-bond acceptors (Lipinski definition) is 4. The molecule has 0 spiro atoms. The molecule has 0 radical (unpaired) electrons. The Kier molecular flexibility index (Phi) is 13.6. The Labute approximate surface area is 558 Å². The van der Waals surface area contributed by atoms with Crippen molar-refractivity contribution in [2.45, 2.75) is 0 Å². The van der Waals surface area contributed by atoms with E-state index in [0.29, 0.717) is 17.1 Å². The van der Waals surface area contributed by atoms with Crippen molar-refractivity contribution in [2.24, 2.45) is 0 Å². The van der Waals surface area contributed by atoms with Gasteiger partial charge in [0.05, 0.1) is 29.0 Å². The van der Waals surface area contributed by atoms with Gasteiger partial charge in [0.1, 0.15) is 5.82 Å². The van der Waals surface area contributed by atoms with Gasteiger partial charge in [0, 0.05) is 67.3 Å². The van der Waals surface area contributed by atoms with Crippen LogP contribution in [-0.4, -0.2) is 21.2 Å². The van der Waals surface area contributed by atoms with E-state index in [1.807, 2.05) is 54.6 Å². The molecule has 0 aliphatic carbocycles. The lowest BCUT2D eigenvalue weighted by Crippen LogP contribution is -2.61. The van der Waals surface area contributed by atoms with E-state index in [1.165, 1.54) is 49.8 Å². The molecule has 7 heteroatoms. The van der Waals surface area contributed by atoms with E-state index in [4.69, 9.17) is 16.5 Å². The van der Waals surface area contributed by atoms with E-state index in [-0.39, 0.29) is 6.71 Å². The maximum absolute atomic E-state index is 8.71. The SMILES string of the molecule is [C-]#[N+]c1cc(-n2c3ccccc3c3cc(-c4cc5c6c(c4)N(c4ccc(-c7ccccc7)cc4)c4ccc(-c7ccccc7)cc4B6c4cc(-c6ccccc6)ccc4N5c4ccc(-c5ccccc5)cc4)ccc32)ccc1-c1nc(-c2ccccc2)cc(-c2ccccc2)n1. The van der Waals surface area contributed by atoms with E-state index in [1.54, 1.807) is 0 Å². The Morgan fingerprint density at radius 3 is 1.15 bits per heavy atom. The zero-order valence-corrected chi connectivity index (χ0v) is 52.2. The van der Waals surface area contributed by atoms with Gasteiger partial charge in [-0.1, -0.05) is 261 Å². The number of para-hydroxylation sites is 1. The fraction of sp³-hybridized carbons (Fsp3) is 0. The molecule has 14 aromatic carbocycles. The molecule has 2 aliphatic heterocycles. The average Bonchev–Trinajstić information content (AvgIpc) is 0.790. The number of aromatic nitrogens is 3. The molecule has 446 valence electrons. The summed E-state index contributed by atoms with van der Waals surface area (Å²) in [5, 5.41) is 2.21. The Balaban J connectivity index is 0.849. The van der Waals surface area contributed by atoms with Crippen molar-refractivity contribution < 1.29 is 0 Å². The van der Waals surface area contributed by atoms with Crippen molar-refractivity contribution in [3.8, 4) is 95.2 Å². The van der Waals surface area contributed by atoms with Gasteiger partial charge in [-0.3, -0.25) is 0 Å². The third kappa shape index (κ3) is 9.66. The van der Waals surface area contributed by atoms with Crippen LogP contribution in [0, 0.1) is 6.57 Å². The van der Waals surface area contributed by atoms with Gasteiger partial charge in [-0.2, -0.15) is 0 Å². The Hall–Kier alpha value is -12.9. The molecule has 6 nitrogen and oxygen atoms in total. The topological polar surface area (TPSA) is 41.5 Å². The van der Waals surface area contributed by atoms with E-state index in [0.717, 1.165) is 106 Å². The monoisotopic (exact) mass is 1220 g/mol. The summed E-state index contributed by atoms with van der Waals surface area (Å²) in [6.07, 6.45) is 0. The molecule has 0 bridgehead atoms. The predicted octanol–water partition coefficient (Wildman–Crippen LogP) is 21.5. The summed E-state index contributed by atoms with van der Waals surface area (Å²) in [5.41, 5.74) is 29.5.